The van der Waals surface area contributed by atoms with Crippen molar-refractivity contribution in [2.75, 3.05) is 0 Å². The maximum Gasteiger partial charge on any atom is -0.147 e. The van der Waals surface area contributed by atoms with Crippen LogP contribution in [0.15, 0.2) is 18.2 Å². The van der Waals surface area contributed by atoms with Crippen LogP contribution in [0, 0.1) is 0 Å². The second kappa shape index (κ2) is 7.03. The Labute approximate surface area is 121 Å². The molecule has 85 valence electrons. The largest absolute Gasteiger partial charge is 0.147 e. The third-order valence-electron chi connectivity index (χ3n) is 1.88. The van der Waals surface area contributed by atoms with Gasteiger partial charge in [0, 0.05) is 0 Å². The first-order chi connectivity index (χ1) is 5.96. The zero-order chi connectivity index (χ0) is 10.1. The average Bonchev–Trinajstić information content (AvgIpc) is 2.02. The van der Waals surface area contributed by atoms with Crippen LogP contribution in [0.1, 0.15) is 26.3 Å². The predicted molar refractivity (Wildman–Crippen MR) is 65.3 cm³/mol. The fourth-order valence-corrected chi connectivity index (χ4v) is 1.98. The van der Waals surface area contributed by atoms with Crippen LogP contribution < -0.4 is 3.32 Å². The molecule has 0 spiro atoms. The number of benzene rings is 1. The van der Waals surface area contributed by atoms with Gasteiger partial charge in [0.15, 0.2) is 0 Å². The molecule has 0 aliphatic rings. The van der Waals surface area contributed by atoms with Crippen LogP contribution in [0.3, 0.4) is 0 Å². The van der Waals surface area contributed by atoms with E-state index < -0.39 is 0 Å². The van der Waals surface area contributed by atoms with E-state index in [-0.39, 0.29) is 30.2 Å². The molecule has 15 heavy (non-hydrogen) atoms. The fraction of sp³-hybridized carbons (Fsp3) is 0.400. The molecule has 1 nitrogen and oxygen atoms in total. The van der Waals surface area contributed by atoms with Crippen molar-refractivity contribution < 1.29 is 24.1 Å². The number of rotatable bonds is 1. The average molecular weight is 304 g/mol. The molecule has 0 fully saturated rings. The Bertz CT molecular complexity index is 310. The summed E-state index contributed by atoms with van der Waals surface area (Å²) in [5.74, 6) is 0.745. The van der Waals surface area contributed by atoms with E-state index in [1.807, 2.05) is 18.2 Å². The van der Waals surface area contributed by atoms with Gasteiger partial charge in [-0.25, -0.2) is 0 Å². The van der Waals surface area contributed by atoms with Gasteiger partial charge in [-0.15, -0.1) is 24.8 Å². The van der Waals surface area contributed by atoms with Crippen molar-refractivity contribution in [3.05, 3.63) is 28.8 Å². The van der Waals surface area contributed by atoms with Crippen molar-refractivity contribution >= 4 is 36.4 Å². The first-order valence-corrected chi connectivity index (χ1v) is 5.11. The van der Waals surface area contributed by atoms with Crippen molar-refractivity contribution in [1.29, 1.82) is 0 Å². The quantitative estimate of drug-likeness (QED) is 0.702. The first kappa shape index (κ1) is 18.0. The van der Waals surface area contributed by atoms with Crippen LogP contribution in [0.25, 0.3) is 0 Å². The Kier molecular flexibility index (Phi) is 8.43. The third-order valence-corrected chi connectivity index (χ3v) is 2.61. The van der Waals surface area contributed by atoms with E-state index in [9.17, 15) is 0 Å². The van der Waals surface area contributed by atoms with Crippen LogP contribution in [-0.2, 0) is 26.2 Å². The Hall–Kier alpha value is 0.604. The smallest absolute Gasteiger partial charge is 0.147 e. The summed E-state index contributed by atoms with van der Waals surface area (Å²) in [4.78, 5) is 0. The molecule has 5 heteroatoms. The Morgan fingerprint density at radius 1 is 1.20 bits per heavy atom. The summed E-state index contributed by atoms with van der Waals surface area (Å²) in [5.41, 5.74) is 1.18. The van der Waals surface area contributed by atoms with E-state index in [4.69, 9.17) is 14.9 Å². The van der Waals surface area contributed by atoms with Gasteiger partial charge in [0.1, 0.15) is 0 Å². The number of halogens is 3. The minimum Gasteiger partial charge on any atom is -0.147 e. The molecule has 0 aliphatic carbocycles. The molecule has 1 aromatic rings. The summed E-state index contributed by atoms with van der Waals surface area (Å²) in [7, 11) is 0. The van der Waals surface area contributed by atoms with Crippen LogP contribution in [0.2, 0.25) is 5.02 Å². The van der Waals surface area contributed by atoms with Gasteiger partial charge in [0.2, 0.25) is 0 Å². The maximum absolute atomic E-state index is 6.17. The van der Waals surface area contributed by atoms with Crippen LogP contribution in [0.5, 0.6) is 5.75 Å². The normalized spacial score (nSPS) is 9.80. The number of hydrogen-bond donors (Lipinski definition) is 0. The molecule has 0 unspecified atom stereocenters. The summed E-state index contributed by atoms with van der Waals surface area (Å²) in [6.45, 7) is 6.40. The van der Waals surface area contributed by atoms with Gasteiger partial charge in [-0.2, -0.15) is 0 Å². The predicted octanol–water partition coefficient (Wildman–Crippen LogP) is 4.32. The maximum atomic E-state index is 6.17. The first-order valence-electron chi connectivity index (χ1n) is 4.09. The van der Waals surface area contributed by atoms with Crippen molar-refractivity contribution in [3.63, 3.8) is 0 Å². The number of hydrogen-bond acceptors (Lipinski definition) is 1. The molecule has 0 N–H and O–H groups in total. The van der Waals surface area contributed by atoms with Crippen molar-refractivity contribution in [2.24, 2.45) is 0 Å². The topological polar surface area (TPSA) is 9.23 Å². The fourth-order valence-electron chi connectivity index (χ4n) is 1.17. The van der Waals surface area contributed by atoms with E-state index in [1.54, 1.807) is 20.8 Å². The van der Waals surface area contributed by atoms with Gasteiger partial charge in [0.25, 0.3) is 0 Å². The van der Waals surface area contributed by atoms with Gasteiger partial charge < -0.3 is 0 Å². The molecular weight excluding hydrogens is 290 g/mol. The minimum absolute atomic E-state index is 0. The van der Waals surface area contributed by atoms with Gasteiger partial charge in [-0.05, 0) is 0 Å². The second-order valence-electron chi connectivity index (χ2n) is 3.97. The van der Waals surface area contributed by atoms with Crippen molar-refractivity contribution in [2.45, 2.75) is 26.2 Å². The standard InChI is InChI=1S/C10H13ClO.2ClH.Ti/c1-10(2,3)7-5-4-6-8(12)9(7)11;;;/h4-6,12H,1-3H3;2*1H;/q;;;+1/p-1. The molecule has 0 bridgehead atoms. The van der Waals surface area contributed by atoms with E-state index in [1.165, 1.54) is 0 Å². The summed E-state index contributed by atoms with van der Waals surface area (Å²) >= 11 is 7.80. The molecular formula is C10H14Cl3OTi. The van der Waals surface area contributed by atoms with Gasteiger partial charge in [-0.1, -0.05) is 0 Å². The third kappa shape index (κ3) is 4.54. The Morgan fingerprint density at radius 2 is 1.73 bits per heavy atom. The van der Waals surface area contributed by atoms with Crippen LogP contribution in [-0.4, -0.2) is 0 Å². The Morgan fingerprint density at radius 3 is 2.13 bits per heavy atom. The summed E-state index contributed by atoms with van der Waals surface area (Å²) in [6.07, 6.45) is 0. The molecule has 0 atom stereocenters. The minimum atomic E-state index is 0. The van der Waals surface area contributed by atoms with Gasteiger partial charge >= 0.3 is 96.5 Å². The monoisotopic (exact) mass is 303 g/mol. The molecule has 0 heterocycles. The van der Waals surface area contributed by atoms with Gasteiger partial charge in [-0.3, -0.25) is 0 Å². The SMILES string of the molecule is CC(C)(C)c1cccc([O][Ti])c1Cl.Cl.Cl. The molecule has 0 saturated carbocycles. The summed E-state index contributed by atoms with van der Waals surface area (Å²) in [6, 6.07) is 5.87. The zero-order valence-electron chi connectivity index (χ0n) is 8.83. The Balaban J connectivity index is 0. The zero-order valence-corrected chi connectivity index (χ0v) is 12.8. The summed E-state index contributed by atoms with van der Waals surface area (Å²) in [5, 5.41) is 0.720. The molecule has 0 aromatic heterocycles. The molecule has 1 aromatic carbocycles. The molecule has 0 radical (unpaired) electrons. The van der Waals surface area contributed by atoms with Crippen LogP contribution >= 0.6 is 36.4 Å². The van der Waals surface area contributed by atoms with E-state index in [2.05, 4.69) is 20.8 Å². The van der Waals surface area contributed by atoms with Gasteiger partial charge in [0.05, 0.1) is 0 Å². The molecule has 0 saturated heterocycles. The van der Waals surface area contributed by atoms with Crippen LogP contribution in [0.4, 0.5) is 0 Å². The van der Waals surface area contributed by atoms with E-state index in [0.29, 0.717) is 0 Å². The summed E-state index contributed by atoms with van der Waals surface area (Å²) < 4.78 is 5.15. The van der Waals surface area contributed by atoms with Crippen molar-refractivity contribution in [3.8, 4) is 5.75 Å². The second-order valence-corrected chi connectivity index (χ2v) is 4.67. The molecule has 0 aliphatic heterocycles. The molecule has 0 amide bonds. The van der Waals surface area contributed by atoms with E-state index in [0.717, 1.165) is 16.3 Å². The van der Waals surface area contributed by atoms with Crippen molar-refractivity contribution in [1.82, 2.24) is 0 Å². The molecule has 1 rings (SSSR count). The van der Waals surface area contributed by atoms with E-state index >= 15 is 0 Å².